The highest BCUT2D eigenvalue weighted by Gasteiger charge is 2.47. The molecule has 1 aromatic carbocycles. The van der Waals surface area contributed by atoms with Gasteiger partial charge in [0, 0.05) is 17.9 Å². The van der Waals surface area contributed by atoms with Crippen LogP contribution < -0.4 is 0 Å². The van der Waals surface area contributed by atoms with E-state index in [9.17, 15) is 0 Å². The molecule has 0 amide bonds. The monoisotopic (exact) mass is 218 g/mol. The number of rotatable bonds is 1. The van der Waals surface area contributed by atoms with Crippen LogP contribution in [0.1, 0.15) is 17.5 Å². The van der Waals surface area contributed by atoms with Crippen molar-refractivity contribution in [2.45, 2.75) is 18.8 Å². The molecule has 0 unspecified atom stereocenters. The van der Waals surface area contributed by atoms with Gasteiger partial charge in [-0.15, -0.1) is 0 Å². The molecule has 0 aromatic heterocycles. The lowest BCUT2D eigenvalue weighted by Crippen LogP contribution is -2.42. The Balaban J connectivity index is 2.05. The van der Waals surface area contributed by atoms with Gasteiger partial charge in [0.2, 0.25) is 0 Å². The lowest BCUT2D eigenvalue weighted by molar-refractivity contribution is 0.0202. The van der Waals surface area contributed by atoms with Gasteiger partial charge < -0.3 is 9.47 Å². The van der Waals surface area contributed by atoms with Crippen LogP contribution in [-0.4, -0.2) is 26.4 Å². The molecule has 0 bridgehead atoms. The zero-order chi connectivity index (χ0) is 11.0. The molecule has 2 saturated heterocycles. The van der Waals surface area contributed by atoms with Crippen LogP contribution in [0.3, 0.4) is 0 Å². The third kappa shape index (κ3) is 1.40. The van der Waals surface area contributed by atoms with E-state index >= 15 is 0 Å². The Morgan fingerprint density at radius 1 is 1.19 bits per heavy atom. The first-order valence-corrected chi connectivity index (χ1v) is 6.04. The van der Waals surface area contributed by atoms with Gasteiger partial charge in [-0.25, -0.2) is 0 Å². The maximum absolute atomic E-state index is 5.72. The van der Waals surface area contributed by atoms with Gasteiger partial charge in [-0.3, -0.25) is 0 Å². The quantitative estimate of drug-likeness (QED) is 0.720. The maximum atomic E-state index is 5.72. The third-order valence-corrected chi connectivity index (χ3v) is 4.15. The zero-order valence-corrected chi connectivity index (χ0v) is 9.74. The molecule has 3 rings (SSSR count). The summed E-state index contributed by atoms with van der Waals surface area (Å²) in [7, 11) is 0. The highest BCUT2D eigenvalue weighted by Crippen LogP contribution is 2.44. The molecular formula is C14H18O2. The average molecular weight is 218 g/mol. The van der Waals surface area contributed by atoms with E-state index in [4.69, 9.17) is 9.47 Å². The number of hydrogen-bond acceptors (Lipinski definition) is 2. The molecule has 2 heterocycles. The van der Waals surface area contributed by atoms with Crippen molar-refractivity contribution in [3.8, 4) is 0 Å². The van der Waals surface area contributed by atoms with E-state index in [1.54, 1.807) is 0 Å². The summed E-state index contributed by atoms with van der Waals surface area (Å²) in [5.74, 6) is 0.544. The maximum Gasteiger partial charge on any atom is 0.0568 e. The van der Waals surface area contributed by atoms with Crippen molar-refractivity contribution in [2.75, 3.05) is 26.4 Å². The first kappa shape index (κ1) is 10.3. The minimum atomic E-state index is 0.226. The Kier molecular flexibility index (Phi) is 2.49. The normalized spacial score (nSPS) is 33.7. The van der Waals surface area contributed by atoms with Crippen molar-refractivity contribution < 1.29 is 9.47 Å². The van der Waals surface area contributed by atoms with Crippen LogP contribution in [0, 0.1) is 12.8 Å². The second kappa shape index (κ2) is 3.86. The molecule has 2 heteroatoms. The van der Waals surface area contributed by atoms with Crippen molar-refractivity contribution in [1.82, 2.24) is 0 Å². The molecular weight excluding hydrogens is 200 g/mol. The molecule has 2 fully saturated rings. The van der Waals surface area contributed by atoms with Crippen LogP contribution in [0.5, 0.6) is 0 Å². The summed E-state index contributed by atoms with van der Waals surface area (Å²) in [6.45, 7) is 5.65. The number of fused-ring (bicyclic) bond motifs is 1. The van der Waals surface area contributed by atoms with Crippen molar-refractivity contribution in [3.05, 3.63) is 35.4 Å². The van der Waals surface area contributed by atoms with Crippen LogP contribution in [0.25, 0.3) is 0 Å². The minimum Gasteiger partial charge on any atom is -0.381 e. The molecule has 2 nitrogen and oxygen atoms in total. The van der Waals surface area contributed by atoms with Gasteiger partial charge in [0.1, 0.15) is 0 Å². The number of aryl methyl sites for hydroxylation is 1. The first-order valence-electron chi connectivity index (χ1n) is 6.04. The molecule has 86 valence electrons. The number of ether oxygens (including phenoxy) is 2. The summed E-state index contributed by atoms with van der Waals surface area (Å²) >= 11 is 0. The highest BCUT2D eigenvalue weighted by molar-refractivity contribution is 5.35. The number of hydrogen-bond donors (Lipinski definition) is 0. The van der Waals surface area contributed by atoms with Crippen LogP contribution >= 0.6 is 0 Å². The van der Waals surface area contributed by atoms with Crippen LogP contribution in [-0.2, 0) is 14.9 Å². The molecule has 2 atom stereocenters. The molecule has 0 N–H and O–H groups in total. The summed E-state index contributed by atoms with van der Waals surface area (Å²) in [4.78, 5) is 0. The van der Waals surface area contributed by atoms with Gasteiger partial charge in [0.05, 0.1) is 19.8 Å². The molecule has 2 aliphatic heterocycles. The molecule has 0 spiro atoms. The minimum absolute atomic E-state index is 0.226. The predicted octanol–water partition coefficient (Wildman–Crippen LogP) is 2.30. The van der Waals surface area contributed by atoms with E-state index in [1.807, 2.05) is 0 Å². The van der Waals surface area contributed by atoms with Gasteiger partial charge in [-0.1, -0.05) is 24.3 Å². The summed E-state index contributed by atoms with van der Waals surface area (Å²) in [6.07, 6.45) is 1.10. The average Bonchev–Trinajstić information content (AvgIpc) is 2.74. The van der Waals surface area contributed by atoms with Crippen molar-refractivity contribution in [3.63, 3.8) is 0 Å². The second-order valence-corrected chi connectivity index (χ2v) is 5.01. The lowest BCUT2D eigenvalue weighted by Gasteiger charge is -2.39. The van der Waals surface area contributed by atoms with E-state index in [0.717, 1.165) is 32.8 Å². The van der Waals surface area contributed by atoms with Crippen LogP contribution in [0.15, 0.2) is 24.3 Å². The first-order chi connectivity index (χ1) is 7.83. The van der Waals surface area contributed by atoms with Gasteiger partial charge in [-0.2, -0.15) is 0 Å². The summed E-state index contributed by atoms with van der Waals surface area (Å²) in [6, 6.07) is 8.72. The van der Waals surface area contributed by atoms with E-state index in [-0.39, 0.29) is 5.41 Å². The lowest BCUT2D eigenvalue weighted by atomic mass is 9.68. The smallest absolute Gasteiger partial charge is 0.0568 e. The second-order valence-electron chi connectivity index (χ2n) is 5.01. The van der Waals surface area contributed by atoms with Crippen molar-refractivity contribution in [2.24, 2.45) is 5.92 Å². The molecule has 0 radical (unpaired) electrons. The predicted molar refractivity (Wildman–Crippen MR) is 62.6 cm³/mol. The van der Waals surface area contributed by atoms with Gasteiger partial charge >= 0.3 is 0 Å². The molecule has 16 heavy (non-hydrogen) atoms. The summed E-state index contributed by atoms with van der Waals surface area (Å²) in [5.41, 5.74) is 3.09. The standard InChI is InChI=1S/C14H18O2/c1-11-4-2-3-5-13(11)14-6-7-15-8-12(14)9-16-10-14/h2-5,12H,6-10H2,1H3/t12-,14-/m0/s1. The van der Waals surface area contributed by atoms with Crippen LogP contribution in [0.4, 0.5) is 0 Å². The Morgan fingerprint density at radius 2 is 2.00 bits per heavy atom. The molecule has 0 saturated carbocycles. The van der Waals surface area contributed by atoms with E-state index in [1.165, 1.54) is 11.1 Å². The van der Waals surface area contributed by atoms with Gasteiger partial charge in [-0.05, 0) is 24.5 Å². The largest absolute Gasteiger partial charge is 0.381 e. The highest BCUT2D eigenvalue weighted by atomic mass is 16.5. The third-order valence-electron chi connectivity index (χ3n) is 4.15. The Morgan fingerprint density at radius 3 is 2.88 bits per heavy atom. The van der Waals surface area contributed by atoms with Crippen molar-refractivity contribution in [1.29, 1.82) is 0 Å². The Labute approximate surface area is 96.6 Å². The zero-order valence-electron chi connectivity index (χ0n) is 9.74. The Hall–Kier alpha value is -0.860. The fourth-order valence-corrected chi connectivity index (χ4v) is 3.19. The number of benzene rings is 1. The van der Waals surface area contributed by atoms with E-state index < -0.39 is 0 Å². The molecule has 0 aliphatic carbocycles. The van der Waals surface area contributed by atoms with E-state index in [2.05, 4.69) is 31.2 Å². The van der Waals surface area contributed by atoms with Gasteiger partial charge in [0.15, 0.2) is 0 Å². The SMILES string of the molecule is Cc1ccccc1[C@]12CCOC[C@H]1COC2. The molecule has 1 aromatic rings. The van der Waals surface area contributed by atoms with E-state index in [0.29, 0.717) is 5.92 Å². The summed E-state index contributed by atoms with van der Waals surface area (Å²) in [5, 5.41) is 0. The van der Waals surface area contributed by atoms with Crippen molar-refractivity contribution >= 4 is 0 Å². The Bertz CT molecular complexity index is 388. The topological polar surface area (TPSA) is 18.5 Å². The molecule has 2 aliphatic rings. The summed E-state index contributed by atoms with van der Waals surface area (Å²) < 4.78 is 11.3. The van der Waals surface area contributed by atoms with Crippen LogP contribution in [0.2, 0.25) is 0 Å². The van der Waals surface area contributed by atoms with Gasteiger partial charge in [0.25, 0.3) is 0 Å². The fraction of sp³-hybridized carbons (Fsp3) is 0.571. The fourth-order valence-electron chi connectivity index (χ4n) is 3.19.